The maximum atomic E-state index is 13.0. The van der Waals surface area contributed by atoms with Gasteiger partial charge in [0.05, 0.1) is 29.7 Å². The summed E-state index contributed by atoms with van der Waals surface area (Å²) in [4.78, 5) is 12.9. The van der Waals surface area contributed by atoms with E-state index in [1.807, 2.05) is 38.1 Å². The standard InChI is InChI=1S/C23H29ClN2O5S/c1-4-31-22-10-9-20(15-21(22)24)32(28,29)26-13-11-18(12-14-26)23(27)25-16(2)17-5-7-19(30-3)8-6-17/h5-10,15-16,18H,4,11-14H2,1-3H3,(H,25,27). The van der Waals surface area contributed by atoms with Crippen molar-refractivity contribution in [3.63, 3.8) is 0 Å². The highest BCUT2D eigenvalue weighted by Crippen LogP contribution is 2.30. The van der Waals surface area contributed by atoms with Gasteiger partial charge in [-0.25, -0.2) is 8.42 Å². The topological polar surface area (TPSA) is 84.9 Å². The van der Waals surface area contributed by atoms with Gasteiger partial charge in [-0.15, -0.1) is 0 Å². The summed E-state index contributed by atoms with van der Waals surface area (Å²) in [5.41, 5.74) is 0.978. The Morgan fingerprint density at radius 3 is 2.41 bits per heavy atom. The van der Waals surface area contributed by atoms with Crippen LogP contribution >= 0.6 is 11.6 Å². The minimum absolute atomic E-state index is 0.0607. The molecule has 1 aliphatic heterocycles. The number of sulfonamides is 1. The summed E-state index contributed by atoms with van der Waals surface area (Å²) in [5.74, 6) is 0.921. The normalized spacial score (nSPS) is 16.4. The van der Waals surface area contributed by atoms with E-state index in [4.69, 9.17) is 21.1 Å². The monoisotopic (exact) mass is 480 g/mol. The first-order chi connectivity index (χ1) is 15.3. The van der Waals surface area contributed by atoms with Crippen molar-refractivity contribution in [2.75, 3.05) is 26.8 Å². The van der Waals surface area contributed by atoms with Crippen molar-refractivity contribution in [1.82, 2.24) is 9.62 Å². The van der Waals surface area contributed by atoms with Crippen LogP contribution in [-0.2, 0) is 14.8 Å². The Labute approximate surface area is 194 Å². The lowest BCUT2D eigenvalue weighted by molar-refractivity contribution is -0.126. The molecule has 0 aliphatic carbocycles. The van der Waals surface area contributed by atoms with Gasteiger partial charge in [0.15, 0.2) is 0 Å². The van der Waals surface area contributed by atoms with Gasteiger partial charge < -0.3 is 14.8 Å². The van der Waals surface area contributed by atoms with Crippen LogP contribution in [0, 0.1) is 5.92 Å². The lowest BCUT2D eigenvalue weighted by Crippen LogP contribution is -2.43. The first-order valence-corrected chi connectivity index (χ1v) is 12.4. The molecule has 1 atom stereocenters. The van der Waals surface area contributed by atoms with Crippen molar-refractivity contribution in [2.24, 2.45) is 5.92 Å². The molecule has 1 amide bonds. The van der Waals surface area contributed by atoms with Crippen LogP contribution in [0.4, 0.5) is 0 Å². The molecule has 9 heteroatoms. The summed E-state index contributed by atoms with van der Waals surface area (Å²) in [6.07, 6.45) is 0.927. The minimum atomic E-state index is -3.69. The molecule has 1 aliphatic rings. The summed E-state index contributed by atoms with van der Waals surface area (Å²) in [6, 6.07) is 11.9. The van der Waals surface area contributed by atoms with E-state index in [1.165, 1.54) is 16.4 Å². The Bertz CT molecular complexity index is 1030. The molecule has 2 aromatic carbocycles. The van der Waals surface area contributed by atoms with Crippen LogP contribution in [0.15, 0.2) is 47.4 Å². The summed E-state index contributed by atoms with van der Waals surface area (Å²) >= 11 is 6.17. The molecule has 1 unspecified atom stereocenters. The number of piperidine rings is 1. The minimum Gasteiger partial charge on any atom is -0.497 e. The molecule has 7 nitrogen and oxygen atoms in total. The first kappa shape index (κ1) is 24.4. The van der Waals surface area contributed by atoms with E-state index in [9.17, 15) is 13.2 Å². The SMILES string of the molecule is CCOc1ccc(S(=O)(=O)N2CCC(C(=O)NC(C)c3ccc(OC)cc3)CC2)cc1Cl. The van der Waals surface area contributed by atoms with Gasteiger partial charge in [0.25, 0.3) is 0 Å². The number of methoxy groups -OCH3 is 1. The second-order valence-electron chi connectivity index (χ2n) is 7.71. The first-order valence-electron chi connectivity index (χ1n) is 10.6. The van der Waals surface area contributed by atoms with Crippen LogP contribution in [-0.4, -0.2) is 45.4 Å². The smallest absolute Gasteiger partial charge is 0.243 e. The number of amides is 1. The van der Waals surface area contributed by atoms with Crippen molar-refractivity contribution in [1.29, 1.82) is 0 Å². The molecule has 0 radical (unpaired) electrons. The zero-order valence-electron chi connectivity index (χ0n) is 18.5. The van der Waals surface area contributed by atoms with Crippen LogP contribution in [0.25, 0.3) is 0 Å². The number of hydrogen-bond acceptors (Lipinski definition) is 5. The molecule has 1 heterocycles. The predicted molar refractivity (Wildman–Crippen MR) is 124 cm³/mol. The molecular formula is C23H29ClN2O5S. The van der Waals surface area contributed by atoms with E-state index in [0.29, 0.717) is 25.2 Å². The third-order valence-electron chi connectivity index (χ3n) is 5.64. The van der Waals surface area contributed by atoms with Crippen molar-refractivity contribution >= 4 is 27.5 Å². The molecule has 0 spiro atoms. The fraction of sp³-hybridized carbons (Fsp3) is 0.435. The van der Waals surface area contributed by atoms with Gasteiger partial charge >= 0.3 is 0 Å². The summed E-state index contributed by atoms with van der Waals surface area (Å²) in [6.45, 7) is 4.76. The number of halogens is 1. The second-order valence-corrected chi connectivity index (χ2v) is 10.1. The average molecular weight is 481 g/mol. The quantitative estimate of drug-likeness (QED) is 0.616. The van der Waals surface area contributed by atoms with E-state index >= 15 is 0 Å². The number of rotatable bonds is 8. The Hall–Kier alpha value is -2.29. The van der Waals surface area contributed by atoms with Gasteiger partial charge in [0, 0.05) is 19.0 Å². The molecule has 0 aromatic heterocycles. The average Bonchev–Trinajstić information content (AvgIpc) is 2.80. The molecule has 1 saturated heterocycles. The predicted octanol–water partition coefficient (Wildman–Crippen LogP) is 4.03. The van der Waals surface area contributed by atoms with E-state index in [2.05, 4.69) is 5.32 Å². The van der Waals surface area contributed by atoms with Crippen LogP contribution in [0.2, 0.25) is 5.02 Å². The number of benzene rings is 2. The second kappa shape index (κ2) is 10.6. The van der Waals surface area contributed by atoms with Gasteiger partial charge in [0.2, 0.25) is 15.9 Å². The summed E-state index contributed by atoms with van der Waals surface area (Å²) in [5, 5.41) is 3.29. The van der Waals surface area contributed by atoms with Crippen LogP contribution in [0.3, 0.4) is 0 Å². The molecule has 174 valence electrons. The summed E-state index contributed by atoms with van der Waals surface area (Å²) in [7, 11) is -2.08. The van der Waals surface area contributed by atoms with Crippen molar-refractivity contribution in [3.05, 3.63) is 53.1 Å². The highest BCUT2D eigenvalue weighted by Gasteiger charge is 2.32. The fourth-order valence-electron chi connectivity index (χ4n) is 3.73. The number of ether oxygens (including phenoxy) is 2. The Morgan fingerprint density at radius 2 is 1.84 bits per heavy atom. The van der Waals surface area contributed by atoms with Crippen molar-refractivity contribution in [2.45, 2.75) is 37.6 Å². The molecule has 1 fully saturated rings. The molecule has 2 aromatic rings. The highest BCUT2D eigenvalue weighted by atomic mass is 35.5. The zero-order valence-corrected chi connectivity index (χ0v) is 20.1. The van der Waals surface area contributed by atoms with Gasteiger partial charge in [-0.3, -0.25) is 4.79 Å². The van der Waals surface area contributed by atoms with Gasteiger partial charge in [-0.05, 0) is 62.6 Å². The summed E-state index contributed by atoms with van der Waals surface area (Å²) < 4.78 is 38.0. The van der Waals surface area contributed by atoms with Gasteiger partial charge in [-0.1, -0.05) is 23.7 Å². The molecular weight excluding hydrogens is 452 g/mol. The molecule has 32 heavy (non-hydrogen) atoms. The van der Waals surface area contributed by atoms with Crippen molar-refractivity contribution in [3.8, 4) is 11.5 Å². The lowest BCUT2D eigenvalue weighted by Gasteiger charge is -2.31. The molecule has 1 N–H and O–H groups in total. The van der Waals surface area contributed by atoms with E-state index in [-0.39, 0.29) is 40.9 Å². The van der Waals surface area contributed by atoms with Gasteiger partial charge in [0.1, 0.15) is 11.5 Å². The van der Waals surface area contributed by atoms with Gasteiger partial charge in [-0.2, -0.15) is 4.31 Å². The molecule has 0 saturated carbocycles. The molecule has 0 bridgehead atoms. The highest BCUT2D eigenvalue weighted by molar-refractivity contribution is 7.89. The Morgan fingerprint density at radius 1 is 1.19 bits per heavy atom. The number of nitrogens with one attached hydrogen (secondary N) is 1. The third kappa shape index (κ3) is 5.54. The maximum Gasteiger partial charge on any atom is 0.243 e. The molecule has 3 rings (SSSR count). The lowest BCUT2D eigenvalue weighted by atomic mass is 9.96. The Kier molecular flexibility index (Phi) is 8.03. The Balaban J connectivity index is 1.58. The number of carbonyl (C=O) groups excluding carboxylic acids is 1. The van der Waals surface area contributed by atoms with Crippen molar-refractivity contribution < 1.29 is 22.7 Å². The fourth-order valence-corrected chi connectivity index (χ4v) is 5.53. The maximum absolute atomic E-state index is 13.0. The largest absolute Gasteiger partial charge is 0.497 e. The number of nitrogens with zero attached hydrogens (tertiary/aromatic N) is 1. The van der Waals surface area contributed by atoms with E-state index < -0.39 is 10.0 Å². The zero-order chi connectivity index (χ0) is 23.3. The van der Waals surface area contributed by atoms with E-state index in [1.54, 1.807) is 13.2 Å². The third-order valence-corrected chi connectivity index (χ3v) is 7.83. The number of hydrogen-bond donors (Lipinski definition) is 1. The van der Waals surface area contributed by atoms with Crippen LogP contribution < -0.4 is 14.8 Å². The van der Waals surface area contributed by atoms with Crippen LogP contribution in [0.5, 0.6) is 11.5 Å². The van der Waals surface area contributed by atoms with Crippen LogP contribution in [0.1, 0.15) is 38.3 Å². The van der Waals surface area contributed by atoms with E-state index in [0.717, 1.165) is 11.3 Å². The number of carbonyl (C=O) groups is 1.